The summed E-state index contributed by atoms with van der Waals surface area (Å²) in [6, 6.07) is 0.130. The summed E-state index contributed by atoms with van der Waals surface area (Å²) in [7, 11) is 0. The van der Waals surface area contributed by atoms with Gasteiger partial charge in [0.15, 0.2) is 0 Å². The summed E-state index contributed by atoms with van der Waals surface area (Å²) >= 11 is 0. The highest BCUT2D eigenvalue weighted by molar-refractivity contribution is 6.35. The molecule has 1 rings (SSSR count). The number of nitrogens with two attached hydrogens (primary N) is 1. The van der Waals surface area contributed by atoms with Crippen molar-refractivity contribution < 1.29 is 9.59 Å². The van der Waals surface area contributed by atoms with E-state index in [4.69, 9.17) is 5.73 Å². The van der Waals surface area contributed by atoms with Crippen LogP contribution in [-0.2, 0) is 9.59 Å². The minimum Gasteiger partial charge on any atom is -0.330 e. The van der Waals surface area contributed by atoms with E-state index in [1.165, 1.54) is 0 Å². The predicted octanol–water partition coefficient (Wildman–Crippen LogP) is -0.587. The van der Waals surface area contributed by atoms with E-state index in [0.29, 0.717) is 19.6 Å². The van der Waals surface area contributed by atoms with Gasteiger partial charge in [0.25, 0.3) is 0 Å². The van der Waals surface area contributed by atoms with Gasteiger partial charge in [-0.1, -0.05) is 0 Å². The molecule has 0 aliphatic carbocycles. The van der Waals surface area contributed by atoms with E-state index < -0.39 is 11.8 Å². The third kappa shape index (κ3) is 2.28. The molecule has 1 atom stereocenters. The van der Waals surface area contributed by atoms with Crippen LogP contribution in [0.25, 0.3) is 0 Å². The average molecular weight is 213 g/mol. The van der Waals surface area contributed by atoms with Crippen molar-refractivity contribution in [2.45, 2.75) is 32.9 Å². The lowest BCUT2D eigenvalue weighted by molar-refractivity contribution is -0.159. The highest BCUT2D eigenvalue weighted by atomic mass is 16.2. The van der Waals surface area contributed by atoms with Crippen LogP contribution >= 0.6 is 0 Å². The fourth-order valence-electron chi connectivity index (χ4n) is 1.82. The van der Waals surface area contributed by atoms with Crippen LogP contribution in [0.5, 0.6) is 0 Å². The van der Waals surface area contributed by atoms with Crippen LogP contribution in [0.1, 0.15) is 20.8 Å². The quantitative estimate of drug-likeness (QED) is 0.637. The Labute approximate surface area is 90.2 Å². The molecule has 5 heteroatoms. The van der Waals surface area contributed by atoms with Gasteiger partial charge in [-0.05, 0) is 20.8 Å². The fourth-order valence-corrected chi connectivity index (χ4v) is 1.82. The van der Waals surface area contributed by atoms with E-state index in [0.717, 1.165) is 0 Å². The lowest BCUT2D eigenvalue weighted by atomic mass is 10.1. The van der Waals surface area contributed by atoms with Crippen LogP contribution in [0.4, 0.5) is 0 Å². The lowest BCUT2D eigenvalue weighted by Gasteiger charge is -2.40. The Hall–Kier alpha value is -1.10. The summed E-state index contributed by atoms with van der Waals surface area (Å²) < 4.78 is 0. The van der Waals surface area contributed by atoms with Gasteiger partial charge in [-0.15, -0.1) is 0 Å². The standard InChI is InChI=1S/C10H19N3O2/c1-7(2)13-6-8(3)12(5-4-11)9(14)10(13)15/h7-8H,4-6,11H2,1-3H3. The van der Waals surface area contributed by atoms with E-state index in [9.17, 15) is 9.59 Å². The second kappa shape index (κ2) is 4.61. The van der Waals surface area contributed by atoms with E-state index >= 15 is 0 Å². The number of amides is 2. The molecule has 1 unspecified atom stereocenters. The molecule has 1 aliphatic heterocycles. The monoisotopic (exact) mass is 213 g/mol. The maximum Gasteiger partial charge on any atom is 0.312 e. The molecule has 1 fully saturated rings. The van der Waals surface area contributed by atoms with Crippen molar-refractivity contribution in [3.05, 3.63) is 0 Å². The number of hydrogen-bond acceptors (Lipinski definition) is 3. The molecular weight excluding hydrogens is 194 g/mol. The van der Waals surface area contributed by atoms with E-state index in [2.05, 4.69) is 0 Å². The lowest BCUT2D eigenvalue weighted by Crippen LogP contribution is -2.60. The minimum atomic E-state index is -0.423. The molecule has 5 nitrogen and oxygen atoms in total. The first-order valence-electron chi connectivity index (χ1n) is 5.30. The summed E-state index contributed by atoms with van der Waals surface area (Å²) in [4.78, 5) is 26.6. The van der Waals surface area contributed by atoms with Crippen LogP contribution in [0.3, 0.4) is 0 Å². The molecule has 0 spiro atoms. The Kier molecular flexibility index (Phi) is 3.68. The third-order valence-electron chi connectivity index (χ3n) is 2.69. The zero-order valence-corrected chi connectivity index (χ0v) is 9.56. The maximum atomic E-state index is 11.7. The molecule has 2 amide bonds. The van der Waals surface area contributed by atoms with E-state index in [-0.39, 0.29) is 12.1 Å². The van der Waals surface area contributed by atoms with Gasteiger partial charge in [0.2, 0.25) is 0 Å². The molecule has 2 N–H and O–H groups in total. The van der Waals surface area contributed by atoms with Crippen molar-refractivity contribution in [3.8, 4) is 0 Å². The molecule has 1 saturated heterocycles. The SMILES string of the molecule is CC(C)N1CC(C)N(CCN)C(=O)C1=O. The zero-order valence-electron chi connectivity index (χ0n) is 9.56. The molecule has 15 heavy (non-hydrogen) atoms. The molecule has 0 aromatic carbocycles. The summed E-state index contributed by atoms with van der Waals surface area (Å²) in [6.45, 7) is 7.22. The van der Waals surface area contributed by atoms with E-state index in [1.54, 1.807) is 9.80 Å². The largest absolute Gasteiger partial charge is 0.330 e. The Bertz CT molecular complexity index is 265. The molecule has 0 saturated carbocycles. The number of rotatable bonds is 3. The minimum absolute atomic E-state index is 0.0566. The van der Waals surface area contributed by atoms with Crippen LogP contribution in [0.15, 0.2) is 0 Å². The summed E-state index contributed by atoms with van der Waals surface area (Å²) in [5.41, 5.74) is 5.40. The van der Waals surface area contributed by atoms with Crippen LogP contribution in [-0.4, -0.2) is 53.3 Å². The van der Waals surface area contributed by atoms with Gasteiger partial charge in [-0.3, -0.25) is 9.59 Å². The molecule has 0 aromatic rings. The van der Waals surface area contributed by atoms with Gasteiger partial charge in [-0.2, -0.15) is 0 Å². The second-order valence-corrected chi connectivity index (χ2v) is 4.19. The highest BCUT2D eigenvalue weighted by Gasteiger charge is 2.37. The van der Waals surface area contributed by atoms with Crippen molar-refractivity contribution in [2.24, 2.45) is 5.73 Å². The first kappa shape index (κ1) is 12.0. The van der Waals surface area contributed by atoms with Crippen molar-refractivity contribution in [3.63, 3.8) is 0 Å². The van der Waals surface area contributed by atoms with Crippen molar-refractivity contribution in [1.29, 1.82) is 0 Å². The first-order chi connectivity index (χ1) is 6.99. The molecule has 86 valence electrons. The molecule has 1 aliphatic rings. The fraction of sp³-hybridized carbons (Fsp3) is 0.800. The first-order valence-corrected chi connectivity index (χ1v) is 5.30. The third-order valence-corrected chi connectivity index (χ3v) is 2.69. The normalized spacial score (nSPS) is 22.9. The van der Waals surface area contributed by atoms with E-state index in [1.807, 2.05) is 20.8 Å². The smallest absolute Gasteiger partial charge is 0.312 e. The van der Waals surface area contributed by atoms with Crippen molar-refractivity contribution in [1.82, 2.24) is 9.80 Å². The summed E-state index contributed by atoms with van der Waals surface area (Å²) in [6.07, 6.45) is 0. The van der Waals surface area contributed by atoms with Gasteiger partial charge in [0.1, 0.15) is 0 Å². The number of piperazine rings is 1. The number of hydrogen-bond donors (Lipinski definition) is 1. The zero-order chi connectivity index (χ0) is 11.6. The average Bonchev–Trinajstić information content (AvgIpc) is 2.18. The summed E-state index contributed by atoms with van der Waals surface area (Å²) in [5, 5.41) is 0. The van der Waals surface area contributed by atoms with Gasteiger partial charge in [0.05, 0.1) is 0 Å². The van der Waals surface area contributed by atoms with Crippen molar-refractivity contribution in [2.75, 3.05) is 19.6 Å². The molecule has 0 radical (unpaired) electrons. The maximum absolute atomic E-state index is 11.7. The second-order valence-electron chi connectivity index (χ2n) is 4.19. The molecule has 1 heterocycles. The highest BCUT2D eigenvalue weighted by Crippen LogP contribution is 2.13. The molecular formula is C10H19N3O2. The number of carbonyl (C=O) groups is 2. The topological polar surface area (TPSA) is 66.6 Å². The van der Waals surface area contributed by atoms with Crippen LogP contribution in [0.2, 0.25) is 0 Å². The van der Waals surface area contributed by atoms with Crippen molar-refractivity contribution >= 4 is 11.8 Å². The van der Waals surface area contributed by atoms with Crippen LogP contribution in [0, 0.1) is 0 Å². The van der Waals surface area contributed by atoms with Gasteiger partial charge < -0.3 is 15.5 Å². The Balaban J connectivity index is 2.79. The predicted molar refractivity (Wildman–Crippen MR) is 57.1 cm³/mol. The number of carbonyl (C=O) groups excluding carboxylic acids is 2. The Morgan fingerprint density at radius 2 is 2.00 bits per heavy atom. The summed E-state index contributed by atoms with van der Waals surface area (Å²) in [5.74, 6) is -0.829. The number of nitrogens with zero attached hydrogens (tertiary/aromatic N) is 2. The Morgan fingerprint density at radius 3 is 2.47 bits per heavy atom. The molecule has 0 bridgehead atoms. The Morgan fingerprint density at radius 1 is 1.40 bits per heavy atom. The van der Waals surface area contributed by atoms with Crippen LogP contribution < -0.4 is 5.73 Å². The van der Waals surface area contributed by atoms with Gasteiger partial charge in [0, 0.05) is 31.7 Å². The van der Waals surface area contributed by atoms with Gasteiger partial charge >= 0.3 is 11.8 Å². The molecule has 0 aromatic heterocycles. The van der Waals surface area contributed by atoms with Gasteiger partial charge in [-0.25, -0.2) is 0 Å².